The number of nitrogens with zero attached hydrogens (tertiary/aromatic N) is 1. The van der Waals surface area contributed by atoms with Gasteiger partial charge in [0.05, 0.1) is 0 Å². The number of fused-ring (bicyclic) bond motifs is 3. The summed E-state index contributed by atoms with van der Waals surface area (Å²) in [6, 6.07) is 18.9. The average molecular weight is 524 g/mol. The first kappa shape index (κ1) is 22.0. The zero-order valence-electron chi connectivity index (χ0n) is 20.0. The molecule has 0 fully saturated rings. The Morgan fingerprint density at radius 2 is 1.13 bits per heavy atom. The molecule has 4 rings (SSSR count). The van der Waals surface area contributed by atoms with Crippen LogP contribution in [0.5, 0.6) is 0 Å². The number of rotatable bonds is 2. The van der Waals surface area contributed by atoms with Gasteiger partial charge in [-0.15, -0.1) is 0 Å². The van der Waals surface area contributed by atoms with Gasteiger partial charge in [0.25, 0.3) is 0 Å². The van der Waals surface area contributed by atoms with Crippen LogP contribution in [0.1, 0.15) is 52.7 Å². The fraction of sp³-hybridized carbons (Fsp3) is 0.407. The van der Waals surface area contributed by atoms with Crippen molar-refractivity contribution >= 4 is 54.4 Å². The molecule has 0 aliphatic heterocycles. The van der Waals surface area contributed by atoms with Crippen molar-refractivity contribution in [3.63, 3.8) is 0 Å². The molecular weight excluding hydrogens is 489 g/mol. The maximum absolute atomic E-state index is 2.50. The van der Waals surface area contributed by atoms with Gasteiger partial charge in [-0.3, -0.25) is 0 Å². The van der Waals surface area contributed by atoms with Crippen LogP contribution in [0.3, 0.4) is 0 Å². The van der Waals surface area contributed by atoms with Crippen molar-refractivity contribution < 1.29 is 0 Å². The second kappa shape index (κ2) is 7.13. The van der Waals surface area contributed by atoms with Crippen molar-refractivity contribution in [2.45, 2.75) is 67.2 Å². The van der Waals surface area contributed by atoms with Crippen molar-refractivity contribution in [3.05, 3.63) is 59.7 Å². The molecule has 4 aromatic rings. The number of hydrogen-bond donors (Lipinski definition) is 0. The van der Waals surface area contributed by atoms with Crippen LogP contribution in [0, 0.1) is 0 Å². The summed E-state index contributed by atoms with van der Waals surface area (Å²) in [5.41, 5.74) is 5.71. The summed E-state index contributed by atoms with van der Waals surface area (Å²) in [5.74, 6) is 0. The molecule has 0 atom stereocenters. The van der Waals surface area contributed by atoms with E-state index in [1.165, 1.54) is 37.9 Å². The summed E-state index contributed by atoms with van der Waals surface area (Å²) in [6.07, 6.45) is 0. The van der Waals surface area contributed by atoms with Crippen molar-refractivity contribution in [2.24, 2.45) is 0 Å². The van der Waals surface area contributed by atoms with Crippen molar-refractivity contribution in [3.8, 4) is 5.00 Å². The Hall–Kier alpha value is -1.26. The van der Waals surface area contributed by atoms with Gasteiger partial charge < -0.3 is 0 Å². The van der Waals surface area contributed by atoms with E-state index in [9.17, 15) is 0 Å². The van der Waals surface area contributed by atoms with Gasteiger partial charge in [0.15, 0.2) is 0 Å². The third kappa shape index (κ3) is 3.86. The van der Waals surface area contributed by atoms with E-state index < -0.39 is 18.4 Å². The standard InChI is InChI=1S/C24H26NS.3CH3.Sn/c1-23(2,3)16-9-11-20-18(14-16)19-15-17(24(4,5)6)10-12-21(19)25(20)22-8-7-13-26-22;;;;/h7-12,14-15H,1-6H3;3*1H3;. The predicted molar refractivity (Wildman–Crippen MR) is 139 cm³/mol. The second-order valence-electron chi connectivity index (χ2n) is 11.7. The quantitative estimate of drug-likeness (QED) is 0.234. The molecule has 0 bridgehead atoms. The van der Waals surface area contributed by atoms with E-state index in [1.807, 2.05) is 11.3 Å². The average Bonchev–Trinajstić information content (AvgIpc) is 3.21. The third-order valence-corrected chi connectivity index (χ3v) is 16.6. The molecule has 30 heavy (non-hydrogen) atoms. The molecule has 2 aromatic heterocycles. The Balaban J connectivity index is 2.07. The Morgan fingerprint density at radius 3 is 1.50 bits per heavy atom. The monoisotopic (exact) mass is 525 g/mol. The molecule has 1 nitrogen and oxygen atoms in total. The van der Waals surface area contributed by atoms with Crippen molar-refractivity contribution in [1.29, 1.82) is 0 Å². The van der Waals surface area contributed by atoms with E-state index in [2.05, 4.69) is 109 Å². The van der Waals surface area contributed by atoms with Gasteiger partial charge in [0.2, 0.25) is 0 Å². The minimum absolute atomic E-state index is 0.140. The van der Waals surface area contributed by atoms with E-state index in [0.29, 0.717) is 0 Å². The Morgan fingerprint density at radius 1 is 0.667 bits per heavy atom. The topological polar surface area (TPSA) is 4.93 Å². The SMILES string of the molecule is CC(C)(C)c1ccc2c(c1)c1cc(C(C)(C)C)ccc1n2-c1cc[c]([Sn]([CH3])([CH3])[CH3])s1. The molecule has 0 saturated heterocycles. The predicted octanol–water partition coefficient (Wildman–Crippen LogP) is 7.99. The molecule has 0 saturated carbocycles. The molecule has 0 N–H and O–H groups in total. The van der Waals surface area contributed by atoms with E-state index in [1.54, 1.807) is 2.89 Å². The Kier molecular flexibility index (Phi) is 5.22. The summed E-state index contributed by atoms with van der Waals surface area (Å²) in [6.45, 7) is 13.8. The summed E-state index contributed by atoms with van der Waals surface area (Å²) in [7, 11) is 0. The number of benzene rings is 2. The zero-order valence-corrected chi connectivity index (χ0v) is 23.6. The number of thiophene rings is 1. The Bertz CT molecular complexity index is 1170. The minimum atomic E-state index is -2.09. The zero-order chi connectivity index (χ0) is 22.1. The fourth-order valence-electron chi connectivity index (χ4n) is 4.04. The molecule has 0 radical (unpaired) electrons. The first-order valence-corrected chi connectivity index (χ1v) is 21.8. The van der Waals surface area contributed by atoms with Crippen LogP contribution in [0.2, 0.25) is 14.8 Å². The number of aromatic nitrogens is 1. The molecule has 2 aromatic carbocycles. The molecule has 0 amide bonds. The molecule has 2 heterocycles. The van der Waals surface area contributed by atoms with Gasteiger partial charge >= 0.3 is 191 Å². The first-order valence-electron chi connectivity index (χ1n) is 11.0. The van der Waals surface area contributed by atoms with Gasteiger partial charge in [-0.25, -0.2) is 0 Å². The Labute approximate surface area is 190 Å². The number of hydrogen-bond acceptors (Lipinski definition) is 1. The van der Waals surface area contributed by atoms with E-state index in [0.717, 1.165) is 0 Å². The van der Waals surface area contributed by atoms with E-state index in [4.69, 9.17) is 0 Å². The van der Waals surface area contributed by atoms with Gasteiger partial charge in [0.1, 0.15) is 0 Å². The molecule has 0 unspecified atom stereocenters. The van der Waals surface area contributed by atoms with Gasteiger partial charge in [-0.1, -0.05) is 0 Å². The summed E-state index contributed by atoms with van der Waals surface area (Å²) in [4.78, 5) is 7.50. The van der Waals surface area contributed by atoms with Crippen LogP contribution in [-0.2, 0) is 10.8 Å². The van der Waals surface area contributed by atoms with Crippen LogP contribution in [-0.4, -0.2) is 22.9 Å². The van der Waals surface area contributed by atoms with Crippen LogP contribution in [0.4, 0.5) is 0 Å². The second-order valence-corrected chi connectivity index (χ2v) is 28.2. The van der Waals surface area contributed by atoms with E-state index in [-0.39, 0.29) is 10.8 Å². The molecule has 0 aliphatic rings. The maximum atomic E-state index is 2.50. The first-order chi connectivity index (χ1) is 13.8. The van der Waals surface area contributed by atoms with Crippen molar-refractivity contribution in [1.82, 2.24) is 4.57 Å². The molecule has 3 heteroatoms. The van der Waals surface area contributed by atoms with Crippen molar-refractivity contribution in [2.75, 3.05) is 0 Å². The molecule has 0 aliphatic carbocycles. The third-order valence-electron chi connectivity index (χ3n) is 6.05. The van der Waals surface area contributed by atoms with E-state index >= 15 is 0 Å². The van der Waals surface area contributed by atoms with Crippen LogP contribution in [0.25, 0.3) is 26.8 Å². The summed E-state index contributed by atoms with van der Waals surface area (Å²) >= 11 is -0.0820. The summed E-state index contributed by atoms with van der Waals surface area (Å²) < 4.78 is 4.13. The van der Waals surface area contributed by atoms with Crippen LogP contribution < -0.4 is 2.89 Å². The molecule has 0 spiro atoms. The fourth-order valence-corrected chi connectivity index (χ4v) is 10.3. The van der Waals surface area contributed by atoms with Gasteiger partial charge in [-0.05, 0) is 0 Å². The molecule has 158 valence electrons. The summed E-state index contributed by atoms with van der Waals surface area (Å²) in [5, 5.41) is 4.10. The van der Waals surface area contributed by atoms with Gasteiger partial charge in [0, 0.05) is 0 Å². The van der Waals surface area contributed by atoms with Crippen LogP contribution >= 0.6 is 11.3 Å². The van der Waals surface area contributed by atoms with Crippen LogP contribution in [0.15, 0.2) is 48.5 Å². The van der Waals surface area contributed by atoms with Gasteiger partial charge in [-0.2, -0.15) is 0 Å². The normalized spacial score (nSPS) is 13.5. The molecular formula is C27H35NSSn.